The smallest absolute Gasteiger partial charge is 0.119 e. The summed E-state index contributed by atoms with van der Waals surface area (Å²) < 4.78 is 10.5. The topological polar surface area (TPSA) is 30.5 Å². The molecule has 1 rings (SSSR count). The minimum absolute atomic E-state index is 0.791. The molecule has 3 heteroatoms. The SMILES string of the molecule is C=CCC/C=C(\C=CCNCc1cccc(OC)c1)OC. The molecule has 3 nitrogen and oxygen atoms in total. The van der Waals surface area contributed by atoms with Crippen LogP contribution in [0.3, 0.4) is 0 Å². The molecule has 0 aliphatic heterocycles. The third-order valence-electron chi connectivity index (χ3n) is 2.96. The van der Waals surface area contributed by atoms with Crippen molar-refractivity contribution >= 4 is 0 Å². The molecule has 0 saturated carbocycles. The van der Waals surface area contributed by atoms with Gasteiger partial charge >= 0.3 is 0 Å². The van der Waals surface area contributed by atoms with Crippen LogP contribution in [0.1, 0.15) is 18.4 Å². The van der Waals surface area contributed by atoms with Crippen molar-refractivity contribution in [3.8, 4) is 5.75 Å². The number of benzene rings is 1. The molecule has 0 fully saturated rings. The van der Waals surface area contributed by atoms with E-state index in [0.717, 1.165) is 37.4 Å². The van der Waals surface area contributed by atoms with Crippen LogP contribution in [0.15, 0.2) is 60.9 Å². The van der Waals surface area contributed by atoms with E-state index in [1.54, 1.807) is 14.2 Å². The molecule has 114 valence electrons. The lowest BCUT2D eigenvalue weighted by molar-refractivity contribution is 0.305. The highest BCUT2D eigenvalue weighted by Gasteiger charge is 1.94. The van der Waals surface area contributed by atoms with Crippen LogP contribution < -0.4 is 10.1 Å². The maximum atomic E-state index is 5.29. The lowest BCUT2D eigenvalue weighted by Gasteiger charge is -2.05. The standard InChI is InChI=1S/C18H25NO2/c1-4-5-6-10-17(20-2)12-8-13-19-15-16-9-7-11-18(14-16)21-3/h4,7-12,14,19H,1,5-6,13,15H2,2-3H3/b12-8?,17-10+. The first-order valence-corrected chi connectivity index (χ1v) is 7.15. The highest BCUT2D eigenvalue weighted by atomic mass is 16.5. The fourth-order valence-electron chi connectivity index (χ4n) is 1.82. The Kier molecular flexibility index (Phi) is 8.73. The van der Waals surface area contributed by atoms with Crippen molar-refractivity contribution in [1.82, 2.24) is 5.32 Å². The Morgan fingerprint density at radius 3 is 2.86 bits per heavy atom. The van der Waals surface area contributed by atoms with Crippen molar-refractivity contribution in [3.05, 3.63) is 66.5 Å². The van der Waals surface area contributed by atoms with E-state index in [9.17, 15) is 0 Å². The van der Waals surface area contributed by atoms with Gasteiger partial charge < -0.3 is 14.8 Å². The fourth-order valence-corrected chi connectivity index (χ4v) is 1.82. The number of nitrogens with one attached hydrogen (secondary N) is 1. The first-order chi connectivity index (χ1) is 10.3. The number of hydrogen-bond donors (Lipinski definition) is 1. The van der Waals surface area contributed by atoms with Gasteiger partial charge in [-0.15, -0.1) is 6.58 Å². The van der Waals surface area contributed by atoms with Crippen molar-refractivity contribution in [2.45, 2.75) is 19.4 Å². The Hall–Kier alpha value is -2.00. The van der Waals surface area contributed by atoms with E-state index in [1.807, 2.05) is 30.4 Å². The molecule has 0 amide bonds. The van der Waals surface area contributed by atoms with Crippen LogP contribution in [0.2, 0.25) is 0 Å². The van der Waals surface area contributed by atoms with Crippen LogP contribution in [-0.4, -0.2) is 20.8 Å². The molecule has 0 aromatic heterocycles. The minimum atomic E-state index is 0.791. The molecule has 0 unspecified atom stereocenters. The summed E-state index contributed by atoms with van der Waals surface area (Å²) in [6.45, 7) is 5.30. The highest BCUT2D eigenvalue weighted by Crippen LogP contribution is 2.12. The zero-order valence-electron chi connectivity index (χ0n) is 13.0. The summed E-state index contributed by atoms with van der Waals surface area (Å²) in [6.07, 6.45) is 9.94. The summed E-state index contributed by atoms with van der Waals surface area (Å²) in [5.74, 6) is 1.77. The van der Waals surface area contributed by atoms with Gasteiger partial charge in [-0.25, -0.2) is 0 Å². The largest absolute Gasteiger partial charge is 0.497 e. The van der Waals surface area contributed by atoms with Gasteiger partial charge in [0, 0.05) is 13.1 Å². The van der Waals surface area contributed by atoms with E-state index in [2.05, 4.69) is 30.1 Å². The Balaban J connectivity index is 2.33. The van der Waals surface area contributed by atoms with Crippen LogP contribution in [0, 0.1) is 0 Å². The molecule has 0 aliphatic carbocycles. The fraction of sp³-hybridized carbons (Fsp3) is 0.333. The first kappa shape index (κ1) is 17.1. The summed E-state index contributed by atoms with van der Waals surface area (Å²) in [5, 5.41) is 3.36. The van der Waals surface area contributed by atoms with E-state index < -0.39 is 0 Å². The summed E-state index contributed by atoms with van der Waals surface area (Å²) in [4.78, 5) is 0. The average Bonchev–Trinajstić information content (AvgIpc) is 2.53. The van der Waals surface area contributed by atoms with Gasteiger partial charge in [0.15, 0.2) is 0 Å². The summed E-state index contributed by atoms with van der Waals surface area (Å²) >= 11 is 0. The van der Waals surface area contributed by atoms with E-state index in [0.29, 0.717) is 0 Å². The van der Waals surface area contributed by atoms with Crippen LogP contribution in [0.25, 0.3) is 0 Å². The van der Waals surface area contributed by atoms with Gasteiger partial charge in [0.1, 0.15) is 11.5 Å². The third-order valence-corrected chi connectivity index (χ3v) is 2.96. The number of hydrogen-bond acceptors (Lipinski definition) is 3. The van der Waals surface area contributed by atoms with Gasteiger partial charge in [-0.1, -0.05) is 24.3 Å². The Labute approximate surface area is 128 Å². The first-order valence-electron chi connectivity index (χ1n) is 7.15. The molecule has 0 atom stereocenters. The van der Waals surface area contributed by atoms with Gasteiger partial charge in [-0.3, -0.25) is 0 Å². The number of unbranched alkanes of at least 4 members (excludes halogenated alkanes) is 1. The average molecular weight is 287 g/mol. The molecule has 1 aromatic carbocycles. The predicted octanol–water partition coefficient (Wildman–Crippen LogP) is 3.84. The molecule has 0 heterocycles. The summed E-state index contributed by atoms with van der Waals surface area (Å²) in [7, 11) is 3.37. The molecule has 0 spiro atoms. The number of methoxy groups -OCH3 is 2. The van der Waals surface area contributed by atoms with Crippen molar-refractivity contribution in [2.24, 2.45) is 0 Å². The third kappa shape index (κ3) is 7.37. The number of allylic oxidation sites excluding steroid dienone is 3. The van der Waals surface area contributed by atoms with Gasteiger partial charge in [-0.2, -0.15) is 0 Å². The van der Waals surface area contributed by atoms with E-state index >= 15 is 0 Å². The molecule has 0 saturated heterocycles. The summed E-state index contributed by atoms with van der Waals surface area (Å²) in [5.41, 5.74) is 1.20. The van der Waals surface area contributed by atoms with Gasteiger partial charge in [0.05, 0.1) is 14.2 Å². The Morgan fingerprint density at radius 2 is 2.14 bits per heavy atom. The molecule has 1 aromatic rings. The Bertz CT molecular complexity index is 478. The lowest BCUT2D eigenvalue weighted by Crippen LogP contribution is -2.12. The monoisotopic (exact) mass is 287 g/mol. The molecule has 21 heavy (non-hydrogen) atoms. The van der Waals surface area contributed by atoms with Gasteiger partial charge in [0.2, 0.25) is 0 Å². The van der Waals surface area contributed by atoms with Crippen molar-refractivity contribution < 1.29 is 9.47 Å². The highest BCUT2D eigenvalue weighted by molar-refractivity contribution is 5.28. The quantitative estimate of drug-likeness (QED) is 0.307. The zero-order chi connectivity index (χ0) is 15.3. The second-order valence-electron chi connectivity index (χ2n) is 4.56. The molecule has 0 radical (unpaired) electrons. The lowest BCUT2D eigenvalue weighted by atomic mass is 10.2. The maximum absolute atomic E-state index is 5.29. The van der Waals surface area contributed by atoms with E-state index in [4.69, 9.17) is 9.47 Å². The van der Waals surface area contributed by atoms with Gasteiger partial charge in [0.25, 0.3) is 0 Å². The molecular formula is C18H25NO2. The van der Waals surface area contributed by atoms with Crippen LogP contribution in [-0.2, 0) is 11.3 Å². The van der Waals surface area contributed by atoms with Crippen LogP contribution in [0.5, 0.6) is 5.75 Å². The van der Waals surface area contributed by atoms with E-state index in [-0.39, 0.29) is 0 Å². The van der Waals surface area contributed by atoms with Crippen LogP contribution in [0.4, 0.5) is 0 Å². The number of ether oxygens (including phenoxy) is 2. The molecule has 0 bridgehead atoms. The molecule has 1 N–H and O–H groups in total. The van der Waals surface area contributed by atoms with Crippen molar-refractivity contribution in [2.75, 3.05) is 20.8 Å². The summed E-state index contributed by atoms with van der Waals surface area (Å²) in [6, 6.07) is 8.06. The van der Waals surface area contributed by atoms with Gasteiger partial charge in [-0.05, 0) is 42.7 Å². The molecular weight excluding hydrogens is 262 g/mol. The second-order valence-corrected chi connectivity index (χ2v) is 4.56. The van der Waals surface area contributed by atoms with Crippen molar-refractivity contribution in [1.29, 1.82) is 0 Å². The Morgan fingerprint density at radius 1 is 1.29 bits per heavy atom. The van der Waals surface area contributed by atoms with Crippen molar-refractivity contribution in [3.63, 3.8) is 0 Å². The molecule has 0 aliphatic rings. The minimum Gasteiger partial charge on any atom is -0.497 e. The number of rotatable bonds is 10. The normalized spacial score (nSPS) is 11.6. The maximum Gasteiger partial charge on any atom is 0.119 e. The second kappa shape index (κ2) is 10.7. The van der Waals surface area contributed by atoms with E-state index in [1.165, 1.54) is 5.56 Å². The predicted molar refractivity (Wildman–Crippen MR) is 88.4 cm³/mol. The zero-order valence-corrected chi connectivity index (χ0v) is 13.0. The van der Waals surface area contributed by atoms with Crippen LogP contribution >= 0.6 is 0 Å².